The van der Waals surface area contributed by atoms with Gasteiger partial charge >= 0.3 is 0 Å². The van der Waals surface area contributed by atoms with E-state index in [1.54, 1.807) is 5.56 Å². The molecule has 0 radical (unpaired) electrons. The maximum atomic E-state index is 4.94. The summed E-state index contributed by atoms with van der Waals surface area (Å²) < 4.78 is 0. The van der Waals surface area contributed by atoms with E-state index in [1.807, 2.05) is 11.8 Å². The predicted octanol–water partition coefficient (Wildman–Crippen LogP) is 4.94. The molecule has 0 spiro atoms. The third-order valence-corrected chi connectivity index (χ3v) is 5.70. The van der Waals surface area contributed by atoms with Crippen molar-refractivity contribution in [3.8, 4) is 0 Å². The van der Waals surface area contributed by atoms with Crippen LogP contribution < -0.4 is 0 Å². The highest BCUT2D eigenvalue weighted by Gasteiger charge is 2.27. The Morgan fingerprint density at radius 3 is 2.57 bits per heavy atom. The van der Waals surface area contributed by atoms with Crippen LogP contribution in [0, 0.1) is 0 Å². The normalized spacial score (nSPS) is 17.7. The van der Waals surface area contributed by atoms with Crippen LogP contribution in [-0.2, 0) is 12.8 Å². The highest BCUT2D eigenvalue weighted by atomic mass is 32.2. The monoisotopic (exact) mass is 328 g/mol. The van der Waals surface area contributed by atoms with E-state index in [-0.39, 0.29) is 0 Å². The lowest BCUT2D eigenvalue weighted by molar-refractivity contribution is 0.179. The van der Waals surface area contributed by atoms with Gasteiger partial charge in [0.05, 0.1) is 10.5 Å². The van der Waals surface area contributed by atoms with Crippen molar-refractivity contribution in [2.45, 2.75) is 57.0 Å². The highest BCUT2D eigenvalue weighted by molar-refractivity contribution is 7.98. The van der Waals surface area contributed by atoms with Gasteiger partial charge in [-0.25, -0.2) is 4.98 Å². The zero-order chi connectivity index (χ0) is 16.2. The molecule has 0 N–H and O–H groups in total. The third-order valence-electron chi connectivity index (χ3n) is 4.97. The molecule has 1 aromatic carbocycles. The first-order valence-corrected chi connectivity index (χ1v) is 10.2. The lowest BCUT2D eigenvalue weighted by Gasteiger charge is -2.36. The molecule has 3 heteroatoms. The fourth-order valence-corrected chi connectivity index (χ4v) is 4.61. The van der Waals surface area contributed by atoms with E-state index < -0.39 is 0 Å². The van der Waals surface area contributed by atoms with E-state index >= 15 is 0 Å². The number of aromatic nitrogens is 1. The summed E-state index contributed by atoms with van der Waals surface area (Å²) >= 11 is 1.81. The number of hydrogen-bond donors (Lipinski definition) is 0. The molecule has 23 heavy (non-hydrogen) atoms. The van der Waals surface area contributed by atoms with E-state index in [1.165, 1.54) is 61.2 Å². The minimum Gasteiger partial charge on any atom is -0.300 e. The van der Waals surface area contributed by atoms with Crippen molar-refractivity contribution in [3.63, 3.8) is 0 Å². The van der Waals surface area contributed by atoms with Crippen molar-refractivity contribution < 1.29 is 0 Å². The third kappa shape index (κ3) is 3.41. The Morgan fingerprint density at radius 1 is 1.13 bits per heavy atom. The molecular formula is C20H28N2S. The van der Waals surface area contributed by atoms with Crippen molar-refractivity contribution in [3.05, 3.63) is 35.4 Å². The number of rotatable bonds is 6. The number of nitrogens with zero attached hydrogens (tertiary/aromatic N) is 2. The van der Waals surface area contributed by atoms with Gasteiger partial charge in [-0.15, -0.1) is 11.8 Å². The second-order valence-electron chi connectivity index (χ2n) is 6.53. The number of fused-ring (bicyclic) bond motifs is 3. The second kappa shape index (κ2) is 7.67. The molecular weight excluding hydrogens is 300 g/mol. The minimum absolute atomic E-state index is 0.691. The summed E-state index contributed by atoms with van der Waals surface area (Å²) in [7, 11) is 0. The van der Waals surface area contributed by atoms with Crippen LogP contribution in [-0.4, -0.2) is 35.3 Å². The molecule has 3 rings (SSSR count). The Bertz CT molecular complexity index is 662. The van der Waals surface area contributed by atoms with E-state index in [0.29, 0.717) is 6.04 Å². The molecule has 0 saturated heterocycles. The standard InChI is InChI=1S/C20H28N2S/c1-4-12-22(13-5-2)15-10-11-16-17-8-6-7-9-19(17)21-20(23-3)18(16)14-15/h6-9,15H,4-5,10-14H2,1-3H3. The van der Waals surface area contributed by atoms with Gasteiger partial charge in [0, 0.05) is 11.4 Å². The summed E-state index contributed by atoms with van der Waals surface area (Å²) in [5.74, 6) is 0. The Kier molecular flexibility index (Phi) is 5.60. The fraction of sp³-hybridized carbons (Fsp3) is 0.550. The van der Waals surface area contributed by atoms with Crippen LogP contribution in [0.4, 0.5) is 0 Å². The van der Waals surface area contributed by atoms with Gasteiger partial charge in [0.15, 0.2) is 0 Å². The molecule has 0 amide bonds. The topological polar surface area (TPSA) is 16.1 Å². The van der Waals surface area contributed by atoms with Crippen LogP contribution in [0.3, 0.4) is 0 Å². The zero-order valence-electron chi connectivity index (χ0n) is 14.6. The van der Waals surface area contributed by atoms with Gasteiger partial charge in [-0.2, -0.15) is 0 Å². The maximum Gasteiger partial charge on any atom is 0.1000 e. The van der Waals surface area contributed by atoms with Crippen LogP contribution in [0.2, 0.25) is 0 Å². The van der Waals surface area contributed by atoms with Gasteiger partial charge in [-0.05, 0) is 68.6 Å². The van der Waals surface area contributed by atoms with E-state index in [9.17, 15) is 0 Å². The van der Waals surface area contributed by atoms with Crippen LogP contribution in [0.5, 0.6) is 0 Å². The Labute approximate surface area is 144 Å². The first-order chi connectivity index (χ1) is 11.3. The number of para-hydroxylation sites is 1. The van der Waals surface area contributed by atoms with Crippen molar-refractivity contribution in [1.29, 1.82) is 0 Å². The lowest BCUT2D eigenvalue weighted by atomic mass is 9.86. The van der Waals surface area contributed by atoms with Crippen LogP contribution in [0.15, 0.2) is 29.3 Å². The molecule has 2 nitrogen and oxygen atoms in total. The van der Waals surface area contributed by atoms with Crippen molar-refractivity contribution in [1.82, 2.24) is 9.88 Å². The van der Waals surface area contributed by atoms with Gasteiger partial charge in [0.25, 0.3) is 0 Å². The smallest absolute Gasteiger partial charge is 0.1000 e. The van der Waals surface area contributed by atoms with Gasteiger partial charge in [0.2, 0.25) is 0 Å². The lowest BCUT2D eigenvalue weighted by Crippen LogP contribution is -2.40. The van der Waals surface area contributed by atoms with Gasteiger partial charge < -0.3 is 4.90 Å². The van der Waals surface area contributed by atoms with Crippen LogP contribution in [0.1, 0.15) is 44.2 Å². The average Bonchev–Trinajstić information content (AvgIpc) is 2.60. The Hall–Kier alpha value is -1.06. The first kappa shape index (κ1) is 16.8. The summed E-state index contributed by atoms with van der Waals surface area (Å²) in [4.78, 5) is 7.65. The molecule has 1 aliphatic rings. The minimum atomic E-state index is 0.691. The molecule has 1 heterocycles. The van der Waals surface area contributed by atoms with E-state index in [4.69, 9.17) is 4.98 Å². The summed E-state index contributed by atoms with van der Waals surface area (Å²) in [6.07, 6.45) is 8.30. The Morgan fingerprint density at radius 2 is 1.87 bits per heavy atom. The van der Waals surface area contributed by atoms with Crippen molar-refractivity contribution in [2.24, 2.45) is 0 Å². The SMILES string of the molecule is CCCN(CCC)C1CCc2c(c(SC)nc3ccccc23)C1. The van der Waals surface area contributed by atoms with E-state index in [2.05, 4.69) is 49.3 Å². The molecule has 2 aromatic rings. The molecule has 124 valence electrons. The second-order valence-corrected chi connectivity index (χ2v) is 7.32. The average molecular weight is 329 g/mol. The summed E-state index contributed by atoms with van der Waals surface area (Å²) in [5.41, 5.74) is 4.24. The van der Waals surface area contributed by atoms with Crippen LogP contribution in [0.25, 0.3) is 10.9 Å². The molecule has 0 fully saturated rings. The number of hydrogen-bond acceptors (Lipinski definition) is 3. The summed E-state index contributed by atoms with van der Waals surface area (Å²) in [6.45, 7) is 7.04. The van der Waals surface area contributed by atoms with Gasteiger partial charge in [-0.3, -0.25) is 0 Å². The maximum absolute atomic E-state index is 4.94. The largest absolute Gasteiger partial charge is 0.300 e. The number of benzene rings is 1. The number of thioether (sulfide) groups is 1. The molecule has 1 atom stereocenters. The van der Waals surface area contributed by atoms with E-state index in [0.717, 1.165) is 5.52 Å². The zero-order valence-corrected chi connectivity index (χ0v) is 15.5. The van der Waals surface area contributed by atoms with Crippen molar-refractivity contribution in [2.75, 3.05) is 19.3 Å². The summed E-state index contributed by atoms with van der Waals surface area (Å²) in [5, 5.41) is 2.62. The molecule has 1 aromatic heterocycles. The highest BCUT2D eigenvalue weighted by Crippen LogP contribution is 2.35. The van der Waals surface area contributed by atoms with Crippen molar-refractivity contribution >= 4 is 22.7 Å². The van der Waals surface area contributed by atoms with Crippen LogP contribution >= 0.6 is 11.8 Å². The molecule has 0 bridgehead atoms. The summed E-state index contributed by atoms with van der Waals surface area (Å²) in [6, 6.07) is 9.34. The number of aryl methyl sites for hydroxylation is 1. The molecule has 1 aliphatic carbocycles. The quantitative estimate of drug-likeness (QED) is 0.699. The number of pyridine rings is 1. The predicted molar refractivity (Wildman–Crippen MR) is 101 cm³/mol. The Balaban J connectivity index is 1.97. The van der Waals surface area contributed by atoms with Gasteiger partial charge in [0.1, 0.15) is 0 Å². The molecule has 0 aliphatic heterocycles. The fourth-order valence-electron chi connectivity index (χ4n) is 3.97. The molecule has 1 unspecified atom stereocenters. The first-order valence-electron chi connectivity index (χ1n) is 8.97. The van der Waals surface area contributed by atoms with Gasteiger partial charge in [-0.1, -0.05) is 32.0 Å². The molecule has 0 saturated carbocycles.